The number of ether oxygens (including phenoxy) is 1. The number of hydrogen-bond acceptors (Lipinski definition) is 3. The summed E-state index contributed by atoms with van der Waals surface area (Å²) in [6.45, 7) is 4.77. The third kappa shape index (κ3) is 3.19. The van der Waals surface area contributed by atoms with Gasteiger partial charge < -0.3 is 10.1 Å². The molecule has 1 heterocycles. The number of hydrogen-bond donors (Lipinski definition) is 1. The summed E-state index contributed by atoms with van der Waals surface area (Å²) >= 11 is 1.63. The van der Waals surface area contributed by atoms with E-state index in [1.165, 1.54) is 0 Å². The molecule has 2 aromatic rings. The highest BCUT2D eigenvalue weighted by Crippen LogP contribution is 2.35. The lowest BCUT2D eigenvalue weighted by Crippen LogP contribution is -2.23. The van der Waals surface area contributed by atoms with E-state index < -0.39 is 0 Å². The van der Waals surface area contributed by atoms with Gasteiger partial charge in [-0.1, -0.05) is 19.1 Å². The first-order valence-electron chi connectivity index (χ1n) is 6.78. The second kappa shape index (κ2) is 6.86. The number of rotatable bonds is 6. The molecule has 0 bridgehead atoms. The van der Waals surface area contributed by atoms with Crippen LogP contribution in [0.1, 0.15) is 35.4 Å². The number of aryl methyl sites for hydroxylation is 1. The van der Waals surface area contributed by atoms with Crippen molar-refractivity contribution in [1.29, 1.82) is 0 Å². The Morgan fingerprint density at radius 1 is 1.35 bits per heavy atom. The molecule has 4 heteroatoms. The number of halogens is 1. The molecule has 0 spiro atoms. The number of nitrogens with one attached hydrogen (secondary N) is 1. The van der Waals surface area contributed by atoms with E-state index in [1.807, 2.05) is 23.6 Å². The Balaban J connectivity index is 2.38. The van der Waals surface area contributed by atoms with Crippen molar-refractivity contribution in [2.45, 2.75) is 26.3 Å². The van der Waals surface area contributed by atoms with Crippen LogP contribution in [0.3, 0.4) is 0 Å². The van der Waals surface area contributed by atoms with Gasteiger partial charge in [0.15, 0.2) is 0 Å². The van der Waals surface area contributed by atoms with Crippen LogP contribution < -0.4 is 10.1 Å². The van der Waals surface area contributed by atoms with Crippen molar-refractivity contribution in [3.8, 4) is 5.75 Å². The van der Waals surface area contributed by atoms with Gasteiger partial charge in [-0.05, 0) is 48.5 Å². The summed E-state index contributed by atoms with van der Waals surface area (Å²) in [5.74, 6) is 0.686. The van der Waals surface area contributed by atoms with E-state index >= 15 is 0 Å². The molecule has 1 N–H and O–H groups in total. The molecule has 0 saturated heterocycles. The fraction of sp³-hybridized carbons (Fsp3) is 0.375. The van der Waals surface area contributed by atoms with Crippen molar-refractivity contribution in [1.82, 2.24) is 5.32 Å². The first kappa shape index (κ1) is 15.0. The molecule has 1 aromatic heterocycles. The third-order valence-corrected chi connectivity index (χ3v) is 4.23. The average Bonchev–Trinajstić information content (AvgIpc) is 2.91. The van der Waals surface area contributed by atoms with E-state index in [4.69, 9.17) is 4.74 Å². The molecule has 2 nitrogen and oxygen atoms in total. The van der Waals surface area contributed by atoms with Gasteiger partial charge in [-0.2, -0.15) is 0 Å². The lowest BCUT2D eigenvalue weighted by Gasteiger charge is -2.19. The summed E-state index contributed by atoms with van der Waals surface area (Å²) in [7, 11) is 1.66. The van der Waals surface area contributed by atoms with Crippen LogP contribution in [0.25, 0.3) is 0 Å². The van der Waals surface area contributed by atoms with Gasteiger partial charge in [0.25, 0.3) is 0 Å². The summed E-state index contributed by atoms with van der Waals surface area (Å²) in [6.07, 6.45) is 1.03. The lowest BCUT2D eigenvalue weighted by molar-refractivity contribution is 0.407. The molecular weight excluding hydrogens is 273 g/mol. The maximum atomic E-state index is 13.8. The molecule has 1 aromatic carbocycles. The third-order valence-electron chi connectivity index (χ3n) is 3.27. The first-order chi connectivity index (χ1) is 9.67. The Hall–Kier alpha value is -1.39. The topological polar surface area (TPSA) is 21.3 Å². The second-order valence-corrected chi connectivity index (χ2v) is 5.70. The minimum Gasteiger partial charge on any atom is -0.496 e. The smallest absolute Gasteiger partial charge is 0.134 e. The standard InChI is InChI=1S/C16H20FNOS/c1-4-8-18-15(16-14(19-3)7-9-20-16)12-6-5-11(2)13(17)10-12/h5-7,9-10,15,18H,4,8H2,1-3H3. The van der Waals surface area contributed by atoms with Crippen molar-refractivity contribution < 1.29 is 9.13 Å². The van der Waals surface area contributed by atoms with Crippen molar-refractivity contribution in [3.05, 3.63) is 51.5 Å². The van der Waals surface area contributed by atoms with Crippen LogP contribution in [-0.4, -0.2) is 13.7 Å². The molecule has 2 rings (SSSR count). The largest absolute Gasteiger partial charge is 0.496 e. The predicted octanol–water partition coefficient (Wildman–Crippen LogP) is 4.29. The van der Waals surface area contributed by atoms with Gasteiger partial charge >= 0.3 is 0 Å². The predicted molar refractivity (Wildman–Crippen MR) is 82.1 cm³/mol. The Kier molecular flexibility index (Phi) is 5.15. The zero-order valence-electron chi connectivity index (χ0n) is 12.1. The normalized spacial score (nSPS) is 12.4. The highest BCUT2D eigenvalue weighted by molar-refractivity contribution is 7.10. The molecular formula is C16H20FNOS. The van der Waals surface area contributed by atoms with Crippen molar-refractivity contribution in [2.24, 2.45) is 0 Å². The van der Waals surface area contributed by atoms with E-state index in [0.29, 0.717) is 5.56 Å². The van der Waals surface area contributed by atoms with Gasteiger partial charge in [0, 0.05) is 0 Å². The lowest BCUT2D eigenvalue weighted by atomic mass is 10.0. The minimum absolute atomic E-state index is 0.0278. The van der Waals surface area contributed by atoms with Crippen molar-refractivity contribution in [3.63, 3.8) is 0 Å². The van der Waals surface area contributed by atoms with E-state index in [0.717, 1.165) is 29.2 Å². The molecule has 20 heavy (non-hydrogen) atoms. The maximum Gasteiger partial charge on any atom is 0.134 e. The minimum atomic E-state index is -0.165. The molecule has 0 fully saturated rings. The fourth-order valence-corrected chi connectivity index (χ4v) is 3.09. The molecule has 0 amide bonds. The fourth-order valence-electron chi connectivity index (χ4n) is 2.13. The van der Waals surface area contributed by atoms with Gasteiger partial charge in [-0.25, -0.2) is 4.39 Å². The van der Waals surface area contributed by atoms with E-state index in [9.17, 15) is 4.39 Å². The van der Waals surface area contributed by atoms with Gasteiger partial charge in [-0.15, -0.1) is 11.3 Å². The van der Waals surface area contributed by atoms with Crippen molar-refractivity contribution in [2.75, 3.05) is 13.7 Å². The van der Waals surface area contributed by atoms with E-state index in [2.05, 4.69) is 12.2 Å². The van der Waals surface area contributed by atoms with Crippen molar-refractivity contribution >= 4 is 11.3 Å². The van der Waals surface area contributed by atoms with Crippen LogP contribution in [0.2, 0.25) is 0 Å². The molecule has 1 unspecified atom stereocenters. The number of methoxy groups -OCH3 is 1. The SMILES string of the molecule is CCCNC(c1ccc(C)c(F)c1)c1sccc1OC. The summed E-state index contributed by atoms with van der Waals surface area (Å²) in [6, 6.07) is 7.34. The first-order valence-corrected chi connectivity index (χ1v) is 7.66. The van der Waals surface area contributed by atoms with Gasteiger partial charge in [0.05, 0.1) is 18.0 Å². The van der Waals surface area contributed by atoms with Crippen LogP contribution in [0.5, 0.6) is 5.75 Å². The van der Waals surface area contributed by atoms with Crippen LogP contribution in [-0.2, 0) is 0 Å². The van der Waals surface area contributed by atoms with Crippen LogP contribution in [0, 0.1) is 12.7 Å². The Morgan fingerprint density at radius 2 is 2.15 bits per heavy atom. The Morgan fingerprint density at radius 3 is 2.80 bits per heavy atom. The molecule has 108 valence electrons. The zero-order valence-corrected chi connectivity index (χ0v) is 12.9. The number of thiophene rings is 1. The van der Waals surface area contributed by atoms with E-state index in [1.54, 1.807) is 31.4 Å². The summed E-state index contributed by atoms with van der Waals surface area (Å²) in [5, 5.41) is 5.47. The molecule has 0 aliphatic rings. The number of benzene rings is 1. The Bertz CT molecular complexity index is 567. The monoisotopic (exact) mass is 293 g/mol. The van der Waals surface area contributed by atoms with Crippen LogP contribution in [0.15, 0.2) is 29.6 Å². The van der Waals surface area contributed by atoms with Crippen LogP contribution in [0.4, 0.5) is 4.39 Å². The summed E-state index contributed by atoms with van der Waals surface area (Å²) in [5.41, 5.74) is 1.60. The molecule has 0 aliphatic heterocycles. The highest BCUT2D eigenvalue weighted by Gasteiger charge is 2.19. The Labute approximate surface area is 123 Å². The quantitative estimate of drug-likeness (QED) is 0.857. The average molecular weight is 293 g/mol. The van der Waals surface area contributed by atoms with E-state index in [-0.39, 0.29) is 11.9 Å². The molecule has 0 saturated carbocycles. The highest BCUT2D eigenvalue weighted by atomic mass is 32.1. The molecule has 0 aliphatic carbocycles. The van der Waals surface area contributed by atoms with Gasteiger partial charge in [-0.3, -0.25) is 0 Å². The van der Waals surface area contributed by atoms with Gasteiger partial charge in [0.1, 0.15) is 11.6 Å². The summed E-state index contributed by atoms with van der Waals surface area (Å²) in [4.78, 5) is 1.09. The summed E-state index contributed by atoms with van der Waals surface area (Å²) < 4.78 is 19.2. The zero-order chi connectivity index (χ0) is 14.5. The van der Waals surface area contributed by atoms with Gasteiger partial charge in [0.2, 0.25) is 0 Å². The maximum absolute atomic E-state index is 13.8. The molecule has 1 atom stereocenters. The van der Waals surface area contributed by atoms with Crippen LogP contribution >= 0.6 is 11.3 Å². The molecule has 0 radical (unpaired) electrons. The second-order valence-electron chi connectivity index (χ2n) is 4.75.